The predicted octanol–water partition coefficient (Wildman–Crippen LogP) is -12.5. The van der Waals surface area contributed by atoms with E-state index in [0.717, 1.165) is 20.8 Å². The maximum Gasteiger partial charge on any atom is 0.397 e. The first-order chi connectivity index (χ1) is 35.0. The quantitative estimate of drug-likeness (QED) is 0.0475. The van der Waals surface area contributed by atoms with E-state index < -0.39 is 232 Å². The van der Waals surface area contributed by atoms with Crippen LogP contribution >= 0.6 is 0 Å². The minimum atomic E-state index is -5.39. The highest BCUT2D eigenvalue weighted by molar-refractivity contribution is 7.80. The smallest absolute Gasteiger partial charge is 0.397 e. The highest BCUT2D eigenvalue weighted by Gasteiger charge is 2.61. The van der Waals surface area contributed by atoms with Gasteiger partial charge in [0.1, 0.15) is 116 Å². The Morgan fingerprint density at radius 3 is 1.60 bits per heavy atom. The van der Waals surface area contributed by atoms with E-state index in [1.54, 1.807) is 0 Å². The van der Waals surface area contributed by atoms with Crippen molar-refractivity contribution in [3.8, 4) is 0 Å². The molecule has 0 radical (unpaired) electrons. The van der Waals surface area contributed by atoms with Crippen LogP contribution in [0.25, 0.3) is 0 Å². The average molecular weight is 1120 g/mol. The van der Waals surface area contributed by atoms with E-state index in [4.69, 9.17) is 42.6 Å². The van der Waals surface area contributed by atoms with Gasteiger partial charge in [0.2, 0.25) is 17.7 Å². The predicted molar refractivity (Wildman–Crippen MR) is 229 cm³/mol. The first-order valence-electron chi connectivity index (χ1n) is 22.9. The summed E-state index contributed by atoms with van der Waals surface area (Å²) in [6.07, 6.45) is -46.7. The van der Waals surface area contributed by atoms with Gasteiger partial charge >= 0.3 is 16.4 Å². The Labute approximate surface area is 424 Å². The molecule has 0 aromatic rings. The lowest BCUT2D eigenvalue weighted by Gasteiger charge is -2.51. The number of carbonyl (C=O) groups excluding carboxylic acids is 3. The van der Waals surface area contributed by atoms with Crippen molar-refractivity contribution in [1.29, 1.82) is 0 Å². The van der Waals surface area contributed by atoms with E-state index in [1.807, 2.05) is 0 Å². The van der Waals surface area contributed by atoms with Crippen LogP contribution in [0.1, 0.15) is 27.2 Å². The number of aliphatic hydroxyl groups is 14. The lowest BCUT2D eigenvalue weighted by atomic mass is 9.88. The third kappa shape index (κ3) is 14.6. The minimum Gasteiger partial charge on any atom is -0.477 e. The number of carbonyl (C=O) groups is 4. The summed E-state index contributed by atoms with van der Waals surface area (Å²) < 4.78 is 87.5. The number of amides is 3. The number of ether oxygens (including phenoxy) is 9. The summed E-state index contributed by atoms with van der Waals surface area (Å²) in [6.45, 7) is -2.39. The number of aliphatic carboxylic acids is 1. The van der Waals surface area contributed by atoms with Crippen molar-refractivity contribution in [3.05, 3.63) is 0 Å². The molecule has 0 aliphatic carbocycles. The van der Waals surface area contributed by atoms with E-state index in [9.17, 15) is 109 Å². The first kappa shape index (κ1) is 62.7. The number of hydrogen-bond acceptors (Lipinski definition) is 30. The lowest BCUT2D eigenvalue weighted by molar-refractivity contribution is -0.383. The van der Waals surface area contributed by atoms with Gasteiger partial charge in [-0.15, -0.1) is 0 Å². The van der Waals surface area contributed by atoms with E-state index in [2.05, 4.69) is 20.1 Å². The Hall–Kier alpha value is -3.17. The fraction of sp³-hybridized carbons (Fsp3) is 0.897. The summed E-state index contributed by atoms with van der Waals surface area (Å²) in [5.41, 5.74) is 0. The van der Waals surface area contributed by atoms with Gasteiger partial charge in [-0.25, -0.2) is 8.98 Å². The number of aliphatic hydroxyl groups excluding tert-OH is 14. The molecule has 434 valence electrons. The van der Waals surface area contributed by atoms with Crippen molar-refractivity contribution >= 4 is 34.1 Å². The number of rotatable bonds is 21. The second-order valence-corrected chi connectivity index (χ2v) is 19.2. The molecule has 0 saturated carbocycles. The molecule has 0 unspecified atom stereocenters. The molecule has 75 heavy (non-hydrogen) atoms. The summed E-state index contributed by atoms with van der Waals surface area (Å²) in [4.78, 5) is 49.7. The number of carboxylic acids is 1. The second kappa shape index (κ2) is 26.2. The van der Waals surface area contributed by atoms with Crippen molar-refractivity contribution < 1.29 is 156 Å². The molecule has 0 aromatic heterocycles. The highest BCUT2D eigenvalue weighted by atomic mass is 32.3. The van der Waals surface area contributed by atoms with Gasteiger partial charge in [0.15, 0.2) is 25.2 Å². The molecule has 26 atom stereocenters. The zero-order valence-electron chi connectivity index (χ0n) is 39.8. The van der Waals surface area contributed by atoms with Crippen LogP contribution < -0.4 is 16.0 Å². The standard InChI is InChI=1S/C39H65N3O32S/c1-10(47)40-19-13(50)4-39(38(60)61,72-31(19)22(52)14(51)5-43)73-32-23(53)15(6-44)67-36(27(32)57)70-29-17(8-46)69-35(20(26(29)56)41-11(2)48)65-9-18-25(55)30(21(34(59)66-18)42-12(3)49)71-37-28(58)33(74-75(62,63)64)24(54)16(7-45)68-37/h13-37,43-46,50-59H,4-9H2,1-3H3,(H,40,47)(H,41,48)(H,42,49)(H,60,61)(H,62,63,64)/t13-,14+,15+,16+,17+,18+,19+,20+,21+,22+,23-,24-,25-,26+,27+,28+,29+,30+,31+,32-,33-,34-,35+,36-,37-,39-/m0/s1. The van der Waals surface area contributed by atoms with Gasteiger partial charge in [-0.3, -0.25) is 18.9 Å². The molecule has 5 aliphatic rings. The minimum absolute atomic E-state index is 0.823. The molecule has 5 heterocycles. The second-order valence-electron chi connectivity index (χ2n) is 18.1. The van der Waals surface area contributed by atoms with E-state index in [1.165, 1.54) is 0 Å². The van der Waals surface area contributed by atoms with Gasteiger partial charge in [-0.2, -0.15) is 8.42 Å². The fourth-order valence-corrected chi connectivity index (χ4v) is 9.59. The van der Waals surface area contributed by atoms with Crippen LogP contribution in [-0.2, 0) is 76.4 Å². The number of nitrogens with one attached hydrogen (secondary N) is 3. The Morgan fingerprint density at radius 1 is 0.613 bits per heavy atom. The van der Waals surface area contributed by atoms with Crippen molar-refractivity contribution in [1.82, 2.24) is 16.0 Å². The first-order valence-corrected chi connectivity index (χ1v) is 24.2. The van der Waals surface area contributed by atoms with E-state index in [-0.39, 0.29) is 0 Å². The molecule has 0 bridgehead atoms. The molecule has 5 aliphatic heterocycles. The Kier molecular flexibility index (Phi) is 21.9. The van der Waals surface area contributed by atoms with Gasteiger partial charge in [-0.05, 0) is 0 Å². The molecule has 5 fully saturated rings. The van der Waals surface area contributed by atoms with Crippen molar-refractivity contribution in [3.63, 3.8) is 0 Å². The lowest BCUT2D eigenvalue weighted by Crippen LogP contribution is -2.71. The summed E-state index contributed by atoms with van der Waals surface area (Å²) in [5.74, 6) is -7.81. The summed E-state index contributed by atoms with van der Waals surface area (Å²) in [5, 5.41) is 168. The molecular weight excluding hydrogens is 1050 g/mol. The maximum atomic E-state index is 13.0. The molecule has 0 aromatic carbocycles. The van der Waals surface area contributed by atoms with Gasteiger partial charge in [-0.1, -0.05) is 0 Å². The summed E-state index contributed by atoms with van der Waals surface area (Å²) >= 11 is 0. The van der Waals surface area contributed by atoms with Crippen molar-refractivity contribution in [2.45, 2.75) is 186 Å². The van der Waals surface area contributed by atoms with E-state index >= 15 is 0 Å². The van der Waals surface area contributed by atoms with Crippen LogP contribution in [0, 0.1) is 0 Å². The zero-order chi connectivity index (χ0) is 56.2. The van der Waals surface area contributed by atoms with Crippen LogP contribution in [0.15, 0.2) is 0 Å². The molecule has 0 spiro atoms. The van der Waals surface area contributed by atoms with Crippen LogP contribution in [-0.4, -0.2) is 305 Å². The molecule has 3 amide bonds. The van der Waals surface area contributed by atoms with Crippen LogP contribution in [0.3, 0.4) is 0 Å². The van der Waals surface area contributed by atoms with Gasteiger partial charge in [0, 0.05) is 27.2 Å². The molecule has 36 heteroatoms. The maximum absolute atomic E-state index is 13.0. The van der Waals surface area contributed by atoms with Gasteiger partial charge in [0.25, 0.3) is 5.79 Å². The number of carboxylic acid groups (broad SMARTS) is 1. The van der Waals surface area contributed by atoms with Crippen LogP contribution in [0.5, 0.6) is 0 Å². The molecule has 5 rings (SSSR count). The van der Waals surface area contributed by atoms with Crippen LogP contribution in [0.4, 0.5) is 0 Å². The highest BCUT2D eigenvalue weighted by Crippen LogP contribution is 2.39. The van der Waals surface area contributed by atoms with Crippen molar-refractivity contribution in [2.75, 3.05) is 33.0 Å². The monoisotopic (exact) mass is 1120 g/mol. The molecule has 5 saturated heterocycles. The van der Waals surface area contributed by atoms with Crippen molar-refractivity contribution in [2.24, 2.45) is 0 Å². The fourth-order valence-electron chi connectivity index (χ4n) is 9.08. The summed E-state index contributed by atoms with van der Waals surface area (Å²) in [7, 11) is -5.39. The van der Waals surface area contributed by atoms with Crippen LogP contribution in [0.2, 0.25) is 0 Å². The number of hydrogen-bond donors (Lipinski definition) is 19. The Bertz CT molecular complexity index is 2030. The van der Waals surface area contributed by atoms with Gasteiger partial charge < -0.3 is 135 Å². The largest absolute Gasteiger partial charge is 0.477 e. The molecule has 35 nitrogen and oxygen atoms in total. The third-order valence-electron chi connectivity index (χ3n) is 12.7. The Morgan fingerprint density at radius 2 is 1.09 bits per heavy atom. The van der Waals surface area contributed by atoms with Gasteiger partial charge in [0.05, 0.1) is 45.2 Å². The average Bonchev–Trinajstić information content (AvgIpc) is 3.33. The normalized spacial score (nSPS) is 43.5. The van der Waals surface area contributed by atoms with E-state index in [0.29, 0.717) is 0 Å². The topological polar surface area (TPSA) is 554 Å². The zero-order valence-corrected chi connectivity index (χ0v) is 40.6. The Balaban J connectivity index is 1.37. The third-order valence-corrected chi connectivity index (χ3v) is 13.1. The summed E-state index contributed by atoms with van der Waals surface area (Å²) in [6, 6.07) is -5.18. The molecule has 19 N–H and O–H groups in total. The molecular formula is C39H65N3O32S. The SMILES string of the molecule is CC(=O)N[C@@H]1[C@@H](O[C@@H]2O[C@H](CO)[C@H](O)[C@H](OS(=O)(=O)O)[C@H]2O)[C@@H](O)[C@@H](CO[C@@H]2O[C@H](CO)[C@@H](O[C@@H]3O[C@H](CO)[C@H](O)[C@H](O[C@]4(C(=O)O)C[C@H](O)[C@@H](NC(C)=O)[C@H]([C@H](O)[C@H](O)CO)O4)[C@H]3O)[C@H](O)[C@H]2NC(C)=O)O[C@@H]1O.